The lowest BCUT2D eigenvalue weighted by molar-refractivity contribution is 0.122. The van der Waals surface area contributed by atoms with Crippen LogP contribution in [-0.2, 0) is 4.74 Å². The van der Waals surface area contributed by atoms with Gasteiger partial charge in [-0.1, -0.05) is 30.3 Å². The van der Waals surface area contributed by atoms with Gasteiger partial charge in [-0.3, -0.25) is 0 Å². The Morgan fingerprint density at radius 2 is 1.75 bits per heavy atom. The number of anilines is 1. The maximum atomic E-state index is 5.45. The number of rotatable bonds is 3. The monoisotopic (exact) mass is 269 g/mol. The predicted molar refractivity (Wildman–Crippen MR) is 81.5 cm³/mol. The summed E-state index contributed by atoms with van der Waals surface area (Å²) in [6, 6.07) is 16.8. The first-order valence-corrected chi connectivity index (χ1v) is 6.94. The van der Waals surface area contributed by atoms with Crippen LogP contribution >= 0.6 is 0 Å². The molecule has 1 fully saturated rings. The zero-order valence-electron chi connectivity index (χ0n) is 11.7. The fourth-order valence-electron chi connectivity index (χ4n) is 2.57. The minimum atomic E-state index is 0.783. The van der Waals surface area contributed by atoms with E-state index in [0.29, 0.717) is 0 Å². The molecule has 0 radical (unpaired) electrons. The summed E-state index contributed by atoms with van der Waals surface area (Å²) in [5, 5.41) is 0. The van der Waals surface area contributed by atoms with E-state index >= 15 is 0 Å². The number of hydrogen-bond donors (Lipinski definition) is 0. The molecule has 0 aliphatic carbocycles. The molecule has 0 N–H and O–H groups in total. The first kappa shape index (κ1) is 13.0. The van der Waals surface area contributed by atoms with Crippen LogP contribution < -0.4 is 9.64 Å². The van der Waals surface area contributed by atoms with Gasteiger partial charge in [0, 0.05) is 30.4 Å². The van der Waals surface area contributed by atoms with E-state index in [-0.39, 0.29) is 0 Å². The average molecular weight is 269 g/mol. The van der Waals surface area contributed by atoms with Gasteiger partial charge in [0.05, 0.1) is 20.3 Å². The van der Waals surface area contributed by atoms with Crippen molar-refractivity contribution < 1.29 is 9.47 Å². The Morgan fingerprint density at radius 3 is 2.45 bits per heavy atom. The first-order chi connectivity index (χ1) is 9.88. The van der Waals surface area contributed by atoms with E-state index in [2.05, 4.69) is 41.3 Å². The highest BCUT2D eigenvalue weighted by molar-refractivity contribution is 5.80. The molecule has 1 heterocycles. The third kappa shape index (κ3) is 2.63. The predicted octanol–water partition coefficient (Wildman–Crippen LogP) is 3.20. The topological polar surface area (TPSA) is 21.7 Å². The van der Waals surface area contributed by atoms with Crippen LogP contribution in [0.2, 0.25) is 0 Å². The van der Waals surface area contributed by atoms with Gasteiger partial charge < -0.3 is 14.4 Å². The van der Waals surface area contributed by atoms with E-state index in [9.17, 15) is 0 Å². The van der Waals surface area contributed by atoms with Crippen molar-refractivity contribution in [2.24, 2.45) is 0 Å². The number of ether oxygens (including phenoxy) is 2. The van der Waals surface area contributed by atoms with Gasteiger partial charge in [0.1, 0.15) is 5.75 Å². The molecule has 3 rings (SSSR count). The first-order valence-electron chi connectivity index (χ1n) is 6.94. The molecule has 104 valence electrons. The summed E-state index contributed by atoms with van der Waals surface area (Å²) < 4.78 is 10.8. The molecule has 0 amide bonds. The Hall–Kier alpha value is -2.00. The number of morpholine rings is 1. The van der Waals surface area contributed by atoms with Crippen molar-refractivity contribution in [3.63, 3.8) is 0 Å². The van der Waals surface area contributed by atoms with Crippen LogP contribution in [0.3, 0.4) is 0 Å². The summed E-state index contributed by atoms with van der Waals surface area (Å²) in [5.41, 5.74) is 3.70. The highest BCUT2D eigenvalue weighted by Gasteiger charge is 2.16. The van der Waals surface area contributed by atoms with Gasteiger partial charge in [-0.25, -0.2) is 0 Å². The molecule has 20 heavy (non-hydrogen) atoms. The van der Waals surface area contributed by atoms with E-state index in [1.165, 1.54) is 16.8 Å². The van der Waals surface area contributed by atoms with Crippen LogP contribution in [-0.4, -0.2) is 33.4 Å². The molecular formula is C17H19NO2. The lowest BCUT2D eigenvalue weighted by Crippen LogP contribution is -2.36. The summed E-state index contributed by atoms with van der Waals surface area (Å²) in [4.78, 5) is 2.37. The Morgan fingerprint density at radius 1 is 1.00 bits per heavy atom. The van der Waals surface area contributed by atoms with Gasteiger partial charge in [0.15, 0.2) is 0 Å². The molecule has 2 aromatic carbocycles. The fourth-order valence-corrected chi connectivity index (χ4v) is 2.57. The molecule has 1 aliphatic rings. The number of benzene rings is 2. The lowest BCUT2D eigenvalue weighted by Gasteiger charge is -2.31. The largest absolute Gasteiger partial charge is 0.497 e. The van der Waals surface area contributed by atoms with Crippen molar-refractivity contribution in [1.29, 1.82) is 0 Å². The van der Waals surface area contributed by atoms with Gasteiger partial charge in [0.2, 0.25) is 0 Å². The Labute approximate surface area is 119 Å². The van der Waals surface area contributed by atoms with Crippen LogP contribution in [0.1, 0.15) is 0 Å². The highest BCUT2D eigenvalue weighted by Crippen LogP contribution is 2.34. The zero-order chi connectivity index (χ0) is 13.8. The fraction of sp³-hybridized carbons (Fsp3) is 0.294. The number of hydrogen-bond acceptors (Lipinski definition) is 3. The standard InChI is InChI=1S/C17H19NO2/c1-19-15-7-8-16(14-5-3-2-4-6-14)17(13-15)18-9-11-20-12-10-18/h2-8,13H,9-12H2,1H3. The second kappa shape index (κ2) is 5.97. The SMILES string of the molecule is COc1ccc(-c2ccccc2)c(N2CCOCC2)c1. The van der Waals surface area contributed by atoms with Gasteiger partial charge in [-0.15, -0.1) is 0 Å². The quantitative estimate of drug-likeness (QED) is 0.854. The van der Waals surface area contributed by atoms with Crippen molar-refractivity contribution in [2.45, 2.75) is 0 Å². The van der Waals surface area contributed by atoms with E-state index in [1.807, 2.05) is 12.1 Å². The molecule has 0 saturated carbocycles. The average Bonchev–Trinajstić information content (AvgIpc) is 2.56. The van der Waals surface area contributed by atoms with Gasteiger partial charge in [0.25, 0.3) is 0 Å². The van der Waals surface area contributed by atoms with Crippen LogP contribution in [0.4, 0.5) is 5.69 Å². The number of methoxy groups -OCH3 is 1. The Balaban J connectivity index is 2.04. The molecule has 2 aromatic rings. The molecular weight excluding hydrogens is 250 g/mol. The van der Waals surface area contributed by atoms with E-state index < -0.39 is 0 Å². The zero-order valence-corrected chi connectivity index (χ0v) is 11.7. The van der Waals surface area contributed by atoms with Crippen LogP contribution in [0.15, 0.2) is 48.5 Å². The summed E-state index contributed by atoms with van der Waals surface area (Å²) in [6.07, 6.45) is 0. The van der Waals surface area contributed by atoms with E-state index in [4.69, 9.17) is 9.47 Å². The molecule has 3 heteroatoms. The molecule has 3 nitrogen and oxygen atoms in total. The Kier molecular flexibility index (Phi) is 3.88. The summed E-state index contributed by atoms with van der Waals surface area (Å²) in [6.45, 7) is 3.41. The molecule has 0 spiro atoms. The maximum absolute atomic E-state index is 5.45. The molecule has 0 aromatic heterocycles. The normalized spacial score (nSPS) is 15.2. The van der Waals surface area contributed by atoms with E-state index in [0.717, 1.165) is 32.1 Å². The van der Waals surface area contributed by atoms with Gasteiger partial charge in [-0.2, -0.15) is 0 Å². The molecule has 0 atom stereocenters. The van der Waals surface area contributed by atoms with Crippen LogP contribution in [0, 0.1) is 0 Å². The van der Waals surface area contributed by atoms with Crippen LogP contribution in [0.5, 0.6) is 5.75 Å². The van der Waals surface area contributed by atoms with Crippen molar-refractivity contribution in [2.75, 3.05) is 38.3 Å². The molecule has 1 saturated heterocycles. The highest BCUT2D eigenvalue weighted by atomic mass is 16.5. The van der Waals surface area contributed by atoms with Crippen molar-refractivity contribution in [3.05, 3.63) is 48.5 Å². The van der Waals surface area contributed by atoms with Crippen molar-refractivity contribution in [3.8, 4) is 16.9 Å². The van der Waals surface area contributed by atoms with E-state index in [1.54, 1.807) is 7.11 Å². The minimum Gasteiger partial charge on any atom is -0.497 e. The molecule has 1 aliphatic heterocycles. The second-order valence-electron chi connectivity index (χ2n) is 4.85. The van der Waals surface area contributed by atoms with Crippen molar-refractivity contribution >= 4 is 5.69 Å². The van der Waals surface area contributed by atoms with Gasteiger partial charge in [-0.05, 0) is 17.7 Å². The summed E-state index contributed by atoms with van der Waals surface area (Å²) in [5.74, 6) is 0.895. The lowest BCUT2D eigenvalue weighted by atomic mass is 10.0. The molecule has 0 unspecified atom stereocenters. The van der Waals surface area contributed by atoms with Gasteiger partial charge >= 0.3 is 0 Å². The second-order valence-corrected chi connectivity index (χ2v) is 4.85. The third-order valence-corrected chi connectivity index (χ3v) is 3.64. The molecule has 0 bridgehead atoms. The summed E-state index contributed by atoms with van der Waals surface area (Å²) in [7, 11) is 1.71. The Bertz CT molecular complexity index is 562. The summed E-state index contributed by atoms with van der Waals surface area (Å²) >= 11 is 0. The smallest absolute Gasteiger partial charge is 0.120 e. The maximum Gasteiger partial charge on any atom is 0.120 e. The third-order valence-electron chi connectivity index (χ3n) is 3.64. The van der Waals surface area contributed by atoms with Crippen molar-refractivity contribution in [1.82, 2.24) is 0 Å². The minimum absolute atomic E-state index is 0.783. The van der Waals surface area contributed by atoms with Crippen LogP contribution in [0.25, 0.3) is 11.1 Å². The number of nitrogens with zero attached hydrogens (tertiary/aromatic N) is 1.